The third kappa shape index (κ3) is 3.74. The lowest BCUT2D eigenvalue weighted by atomic mass is 9.69. The second kappa shape index (κ2) is 6.99. The second-order valence-electron chi connectivity index (χ2n) is 8.73. The van der Waals surface area contributed by atoms with Crippen LogP contribution in [0.2, 0.25) is 0 Å². The third-order valence-corrected chi connectivity index (χ3v) is 6.66. The molecule has 0 bridgehead atoms. The first kappa shape index (κ1) is 17.7. The number of piperidine rings is 1. The fraction of sp³-hybridized carbons (Fsp3) is 0.800. The van der Waals surface area contributed by atoms with Crippen LogP contribution < -0.4 is 0 Å². The number of likely N-dealkylation sites (tertiary alicyclic amines) is 1. The molecule has 1 spiro atoms. The molecule has 1 saturated heterocycles. The summed E-state index contributed by atoms with van der Waals surface area (Å²) in [5.41, 5.74) is 1.61. The van der Waals surface area contributed by atoms with E-state index in [4.69, 9.17) is 0 Å². The molecule has 3 fully saturated rings. The van der Waals surface area contributed by atoms with Gasteiger partial charge in [-0.1, -0.05) is 19.8 Å². The zero-order valence-electron chi connectivity index (χ0n) is 15.6. The lowest BCUT2D eigenvalue weighted by Gasteiger charge is -2.46. The summed E-state index contributed by atoms with van der Waals surface area (Å²) < 4.78 is 0. The smallest absolute Gasteiger partial charge is 0.144 e. The molecule has 4 heteroatoms. The van der Waals surface area contributed by atoms with E-state index in [2.05, 4.69) is 35.8 Å². The molecule has 2 aliphatic carbocycles. The lowest BCUT2D eigenvalue weighted by Crippen LogP contribution is -2.49. The van der Waals surface area contributed by atoms with Crippen molar-refractivity contribution >= 4 is 12.6 Å². The van der Waals surface area contributed by atoms with E-state index in [1.165, 1.54) is 45.2 Å². The SMILES string of the molecule is CN(C=N/C(=C\C=O)C1(C)CC1)CC1CCN(C)CC12CCCC2. The number of aliphatic imine (C=N–C) groups is 1. The fourth-order valence-corrected chi connectivity index (χ4v) is 4.82. The van der Waals surface area contributed by atoms with Gasteiger partial charge in [0.1, 0.15) is 6.29 Å². The summed E-state index contributed by atoms with van der Waals surface area (Å²) in [7, 11) is 4.41. The number of aldehydes is 1. The van der Waals surface area contributed by atoms with Crippen LogP contribution in [0, 0.1) is 16.7 Å². The molecular formula is C20H33N3O. The molecule has 1 heterocycles. The fourth-order valence-electron chi connectivity index (χ4n) is 4.82. The first-order valence-corrected chi connectivity index (χ1v) is 9.56. The van der Waals surface area contributed by atoms with Gasteiger partial charge in [0.05, 0.1) is 12.0 Å². The van der Waals surface area contributed by atoms with Crippen LogP contribution in [0.4, 0.5) is 0 Å². The Hall–Kier alpha value is -1.16. The van der Waals surface area contributed by atoms with Crippen molar-refractivity contribution in [1.29, 1.82) is 0 Å². The zero-order chi connectivity index (χ0) is 17.2. The van der Waals surface area contributed by atoms with Crippen molar-refractivity contribution in [3.8, 4) is 0 Å². The van der Waals surface area contributed by atoms with Gasteiger partial charge in [-0.15, -0.1) is 0 Å². The first-order chi connectivity index (χ1) is 11.5. The molecule has 0 radical (unpaired) electrons. The molecule has 0 amide bonds. The van der Waals surface area contributed by atoms with Crippen LogP contribution in [0.5, 0.6) is 0 Å². The van der Waals surface area contributed by atoms with E-state index in [-0.39, 0.29) is 5.41 Å². The first-order valence-electron chi connectivity index (χ1n) is 9.56. The predicted molar refractivity (Wildman–Crippen MR) is 99.1 cm³/mol. The highest BCUT2D eigenvalue weighted by molar-refractivity contribution is 5.68. The Morgan fingerprint density at radius 1 is 1.29 bits per heavy atom. The Bertz CT molecular complexity index is 515. The normalized spacial score (nSPS) is 29.3. The van der Waals surface area contributed by atoms with Gasteiger partial charge in [0.25, 0.3) is 0 Å². The Morgan fingerprint density at radius 3 is 2.62 bits per heavy atom. The van der Waals surface area contributed by atoms with Crippen LogP contribution in [-0.4, -0.2) is 56.2 Å². The van der Waals surface area contributed by atoms with Crippen molar-refractivity contribution in [1.82, 2.24) is 9.80 Å². The van der Waals surface area contributed by atoms with Gasteiger partial charge in [0, 0.05) is 25.6 Å². The number of rotatable bonds is 6. The van der Waals surface area contributed by atoms with Gasteiger partial charge in [-0.05, 0) is 63.1 Å². The van der Waals surface area contributed by atoms with E-state index in [1.54, 1.807) is 6.08 Å². The van der Waals surface area contributed by atoms with Gasteiger partial charge in [-0.2, -0.15) is 0 Å². The van der Waals surface area contributed by atoms with Crippen molar-refractivity contribution in [2.24, 2.45) is 21.7 Å². The monoisotopic (exact) mass is 331 g/mol. The number of carbonyl (C=O) groups is 1. The standard InChI is InChI=1S/C20H33N3O/c1-19(10-11-19)18(7-13-24)21-16-23(3)14-17-6-12-22(2)15-20(17)8-4-5-9-20/h7,13,16-17H,4-6,8-12,14-15H2,1-3H3/b18-7-,21-16?. The summed E-state index contributed by atoms with van der Waals surface area (Å²) in [4.78, 5) is 20.3. The summed E-state index contributed by atoms with van der Waals surface area (Å²) in [5.74, 6) is 0.766. The maximum atomic E-state index is 10.9. The number of carbonyl (C=O) groups excluding carboxylic acids is 1. The maximum Gasteiger partial charge on any atom is 0.144 e. The molecule has 134 valence electrons. The van der Waals surface area contributed by atoms with Crippen LogP contribution in [0.25, 0.3) is 0 Å². The molecule has 1 unspecified atom stereocenters. The van der Waals surface area contributed by atoms with Gasteiger partial charge in [-0.3, -0.25) is 4.79 Å². The van der Waals surface area contributed by atoms with Crippen molar-refractivity contribution in [3.05, 3.63) is 11.8 Å². The maximum absolute atomic E-state index is 10.9. The second-order valence-corrected chi connectivity index (χ2v) is 8.73. The van der Waals surface area contributed by atoms with Crippen LogP contribution in [0.3, 0.4) is 0 Å². The molecule has 2 saturated carbocycles. The summed E-state index contributed by atoms with van der Waals surface area (Å²) in [6.45, 7) is 5.76. The molecule has 0 N–H and O–H groups in total. The number of hydrogen-bond donors (Lipinski definition) is 0. The molecular weight excluding hydrogens is 298 g/mol. The topological polar surface area (TPSA) is 35.9 Å². The van der Waals surface area contributed by atoms with Crippen LogP contribution >= 0.6 is 0 Å². The van der Waals surface area contributed by atoms with Crippen molar-refractivity contribution in [2.45, 2.75) is 51.9 Å². The van der Waals surface area contributed by atoms with E-state index >= 15 is 0 Å². The molecule has 4 nitrogen and oxygen atoms in total. The minimum Gasteiger partial charge on any atom is -0.365 e. The molecule has 0 aromatic carbocycles. The summed E-state index contributed by atoms with van der Waals surface area (Å²) in [6.07, 6.45) is 13.6. The van der Waals surface area contributed by atoms with Gasteiger partial charge in [0.2, 0.25) is 0 Å². The van der Waals surface area contributed by atoms with Crippen LogP contribution in [-0.2, 0) is 4.79 Å². The Labute approximate surface area is 147 Å². The van der Waals surface area contributed by atoms with E-state index in [9.17, 15) is 4.79 Å². The van der Waals surface area contributed by atoms with E-state index in [0.29, 0.717) is 5.41 Å². The molecule has 1 aliphatic heterocycles. The van der Waals surface area contributed by atoms with Crippen molar-refractivity contribution < 1.29 is 4.79 Å². The third-order valence-electron chi connectivity index (χ3n) is 6.66. The van der Waals surface area contributed by atoms with E-state index < -0.39 is 0 Å². The minimum absolute atomic E-state index is 0.137. The average molecular weight is 332 g/mol. The highest BCUT2D eigenvalue weighted by Gasteiger charge is 2.44. The van der Waals surface area contributed by atoms with Crippen LogP contribution in [0.1, 0.15) is 51.9 Å². The molecule has 1 atom stereocenters. The Balaban J connectivity index is 1.63. The van der Waals surface area contributed by atoms with Crippen LogP contribution in [0.15, 0.2) is 16.8 Å². The number of allylic oxidation sites excluding steroid dienone is 2. The predicted octanol–water partition coefficient (Wildman–Crippen LogP) is 3.34. The van der Waals surface area contributed by atoms with E-state index in [0.717, 1.165) is 37.3 Å². The lowest BCUT2D eigenvalue weighted by molar-refractivity contribution is -0.104. The molecule has 3 rings (SSSR count). The summed E-state index contributed by atoms with van der Waals surface area (Å²) in [6, 6.07) is 0. The molecule has 3 aliphatic rings. The van der Waals surface area contributed by atoms with Gasteiger partial charge in [-0.25, -0.2) is 4.99 Å². The highest BCUT2D eigenvalue weighted by atomic mass is 16.1. The van der Waals surface area contributed by atoms with Gasteiger partial charge >= 0.3 is 0 Å². The quantitative estimate of drug-likeness (QED) is 0.324. The Kier molecular flexibility index (Phi) is 5.14. The highest BCUT2D eigenvalue weighted by Crippen LogP contribution is 2.51. The summed E-state index contributed by atoms with van der Waals surface area (Å²) >= 11 is 0. The number of nitrogens with zero attached hydrogens (tertiary/aromatic N) is 3. The van der Waals surface area contributed by atoms with E-state index in [1.807, 2.05) is 6.34 Å². The minimum atomic E-state index is 0.137. The largest absolute Gasteiger partial charge is 0.365 e. The van der Waals surface area contributed by atoms with Gasteiger partial charge < -0.3 is 9.80 Å². The molecule has 0 aromatic heterocycles. The zero-order valence-corrected chi connectivity index (χ0v) is 15.6. The number of hydrogen-bond acceptors (Lipinski definition) is 3. The van der Waals surface area contributed by atoms with Gasteiger partial charge in [0.15, 0.2) is 0 Å². The van der Waals surface area contributed by atoms with Crippen molar-refractivity contribution in [2.75, 3.05) is 33.7 Å². The Morgan fingerprint density at radius 2 is 2.00 bits per heavy atom. The molecule has 0 aromatic rings. The summed E-state index contributed by atoms with van der Waals surface area (Å²) in [5, 5.41) is 0. The van der Waals surface area contributed by atoms with Crippen molar-refractivity contribution in [3.63, 3.8) is 0 Å². The molecule has 24 heavy (non-hydrogen) atoms. The average Bonchev–Trinajstić information content (AvgIpc) is 3.13.